The van der Waals surface area contributed by atoms with Gasteiger partial charge in [0.25, 0.3) is 10.2 Å². The molecule has 1 aliphatic carbocycles. The molecule has 0 heterocycles. The average molecular weight is 310 g/mol. The van der Waals surface area contributed by atoms with E-state index in [2.05, 4.69) is 11.0 Å². The van der Waals surface area contributed by atoms with Gasteiger partial charge in [-0.3, -0.25) is 4.79 Å². The summed E-state index contributed by atoms with van der Waals surface area (Å²) in [4.78, 5) is 10.4. The summed E-state index contributed by atoms with van der Waals surface area (Å²) in [5.74, 6) is -0.998. The summed E-state index contributed by atoms with van der Waals surface area (Å²) >= 11 is 1.83. The molecule has 8 heteroatoms. The lowest BCUT2D eigenvalue weighted by Gasteiger charge is -2.29. The number of carboxylic acids is 1. The van der Waals surface area contributed by atoms with E-state index in [0.717, 1.165) is 30.0 Å². The first-order valence-electron chi connectivity index (χ1n) is 6.33. The summed E-state index contributed by atoms with van der Waals surface area (Å²) in [5.41, 5.74) is 0. The van der Waals surface area contributed by atoms with Crippen LogP contribution in [0.2, 0.25) is 0 Å². The summed E-state index contributed by atoms with van der Waals surface area (Å²) in [5, 5.41) is 9.19. The van der Waals surface area contributed by atoms with Gasteiger partial charge in [0.15, 0.2) is 0 Å². The Balaban J connectivity index is 2.44. The summed E-state index contributed by atoms with van der Waals surface area (Å²) in [7, 11) is -2.16. The van der Waals surface area contributed by atoms with Gasteiger partial charge < -0.3 is 5.11 Å². The number of carboxylic acid groups (broad SMARTS) is 1. The number of nitrogens with one attached hydrogen (secondary N) is 1. The molecule has 0 atom stereocenters. The second kappa shape index (κ2) is 7.47. The summed E-state index contributed by atoms with van der Waals surface area (Å²) in [6, 6.07) is -0.0271. The van der Waals surface area contributed by atoms with Crippen molar-refractivity contribution >= 4 is 27.9 Å². The Labute approximate surface area is 119 Å². The molecule has 6 nitrogen and oxygen atoms in total. The number of hydrogen-bond donors (Lipinski definition) is 2. The highest BCUT2D eigenvalue weighted by molar-refractivity contribution is 7.99. The molecule has 0 radical (unpaired) electrons. The van der Waals surface area contributed by atoms with Gasteiger partial charge in [-0.1, -0.05) is 0 Å². The molecule has 19 heavy (non-hydrogen) atoms. The Morgan fingerprint density at radius 2 is 1.95 bits per heavy atom. The molecule has 0 aromatic rings. The second-order valence-corrected chi connectivity index (χ2v) is 7.74. The molecule has 2 N–H and O–H groups in total. The molecule has 1 rings (SSSR count). The van der Waals surface area contributed by atoms with Crippen LogP contribution in [0.4, 0.5) is 0 Å². The smallest absolute Gasteiger partial charge is 0.304 e. The molecule has 0 aromatic carbocycles. The third kappa shape index (κ3) is 5.68. The van der Waals surface area contributed by atoms with Gasteiger partial charge in [0, 0.05) is 24.9 Å². The average Bonchev–Trinajstić information content (AvgIpc) is 2.36. The monoisotopic (exact) mass is 310 g/mol. The van der Waals surface area contributed by atoms with E-state index in [1.165, 1.54) is 7.05 Å². The van der Waals surface area contributed by atoms with Gasteiger partial charge in [-0.15, -0.1) is 0 Å². The van der Waals surface area contributed by atoms with Gasteiger partial charge in [-0.05, 0) is 31.9 Å². The summed E-state index contributed by atoms with van der Waals surface area (Å²) in [6.07, 6.45) is 5.63. The van der Waals surface area contributed by atoms with Crippen LogP contribution in [0.3, 0.4) is 0 Å². The standard InChI is InChI=1S/C11H22N2O4S2/c1-13(8-7-11(14)15)19(16,17)12-9-3-5-10(18-2)6-4-9/h9-10,12H,3-8H2,1-2H3,(H,14,15). The minimum absolute atomic E-state index is 0.00910. The van der Waals surface area contributed by atoms with E-state index >= 15 is 0 Å². The Hall–Kier alpha value is -0.310. The highest BCUT2D eigenvalue weighted by Crippen LogP contribution is 2.27. The maximum absolute atomic E-state index is 12.0. The van der Waals surface area contributed by atoms with Crippen molar-refractivity contribution in [3.63, 3.8) is 0 Å². The Bertz CT molecular complexity index is 391. The highest BCUT2D eigenvalue weighted by Gasteiger charge is 2.26. The highest BCUT2D eigenvalue weighted by atomic mass is 32.2. The van der Waals surface area contributed by atoms with Crippen molar-refractivity contribution in [2.75, 3.05) is 19.8 Å². The van der Waals surface area contributed by atoms with E-state index in [0.29, 0.717) is 5.25 Å². The minimum atomic E-state index is -3.57. The zero-order valence-electron chi connectivity index (χ0n) is 11.3. The Morgan fingerprint density at radius 3 is 2.42 bits per heavy atom. The van der Waals surface area contributed by atoms with Crippen LogP contribution in [-0.4, -0.2) is 54.9 Å². The van der Waals surface area contributed by atoms with Crippen molar-refractivity contribution in [1.29, 1.82) is 0 Å². The normalized spacial score (nSPS) is 24.6. The fraction of sp³-hybridized carbons (Fsp3) is 0.909. The predicted molar refractivity (Wildman–Crippen MR) is 76.5 cm³/mol. The van der Waals surface area contributed by atoms with Crippen molar-refractivity contribution in [1.82, 2.24) is 9.03 Å². The Morgan fingerprint density at radius 1 is 1.37 bits per heavy atom. The van der Waals surface area contributed by atoms with E-state index in [1.807, 2.05) is 11.8 Å². The fourth-order valence-corrected chi connectivity index (χ4v) is 4.00. The van der Waals surface area contributed by atoms with Crippen LogP contribution < -0.4 is 4.72 Å². The second-order valence-electron chi connectivity index (χ2n) is 4.80. The summed E-state index contributed by atoms with van der Waals surface area (Å²) < 4.78 is 27.7. The first kappa shape index (κ1) is 16.7. The van der Waals surface area contributed by atoms with Gasteiger partial charge in [0.05, 0.1) is 6.42 Å². The van der Waals surface area contributed by atoms with Crippen molar-refractivity contribution in [3.05, 3.63) is 0 Å². The van der Waals surface area contributed by atoms with Crippen LogP contribution in [0.15, 0.2) is 0 Å². The van der Waals surface area contributed by atoms with Crippen LogP contribution >= 0.6 is 11.8 Å². The topological polar surface area (TPSA) is 86.7 Å². The third-order valence-corrected chi connectivity index (χ3v) is 6.15. The molecule has 1 fully saturated rings. The van der Waals surface area contributed by atoms with Crippen molar-refractivity contribution in [2.45, 2.75) is 43.4 Å². The van der Waals surface area contributed by atoms with E-state index in [4.69, 9.17) is 5.11 Å². The lowest BCUT2D eigenvalue weighted by atomic mass is 9.96. The number of carbonyl (C=O) groups is 1. The van der Waals surface area contributed by atoms with Crippen molar-refractivity contribution < 1.29 is 18.3 Å². The molecule has 112 valence electrons. The molecule has 0 amide bonds. The van der Waals surface area contributed by atoms with Gasteiger partial charge >= 0.3 is 5.97 Å². The van der Waals surface area contributed by atoms with Crippen LogP contribution in [0.25, 0.3) is 0 Å². The van der Waals surface area contributed by atoms with E-state index < -0.39 is 16.2 Å². The maximum Gasteiger partial charge on any atom is 0.304 e. The maximum atomic E-state index is 12.0. The van der Waals surface area contributed by atoms with Crippen LogP contribution in [-0.2, 0) is 15.0 Å². The van der Waals surface area contributed by atoms with Gasteiger partial charge in [0.2, 0.25) is 0 Å². The van der Waals surface area contributed by atoms with Gasteiger partial charge in [-0.25, -0.2) is 0 Å². The lowest BCUT2D eigenvalue weighted by molar-refractivity contribution is -0.137. The molecular formula is C11H22N2O4S2. The quantitative estimate of drug-likeness (QED) is 0.729. The molecular weight excluding hydrogens is 288 g/mol. The molecule has 0 bridgehead atoms. The zero-order valence-corrected chi connectivity index (χ0v) is 13.0. The molecule has 1 aliphatic rings. The van der Waals surface area contributed by atoms with Crippen molar-refractivity contribution in [2.24, 2.45) is 0 Å². The molecule has 1 saturated carbocycles. The van der Waals surface area contributed by atoms with E-state index in [1.54, 1.807) is 0 Å². The fourth-order valence-electron chi connectivity index (χ4n) is 2.09. The first-order valence-corrected chi connectivity index (χ1v) is 9.06. The number of thioether (sulfide) groups is 1. The van der Waals surface area contributed by atoms with Crippen LogP contribution in [0, 0.1) is 0 Å². The van der Waals surface area contributed by atoms with E-state index in [-0.39, 0.29) is 19.0 Å². The number of nitrogens with zero attached hydrogens (tertiary/aromatic N) is 1. The summed E-state index contributed by atoms with van der Waals surface area (Å²) in [6.45, 7) is -0.00910. The Kier molecular flexibility index (Phi) is 6.58. The molecule has 0 aromatic heterocycles. The molecule has 0 unspecified atom stereocenters. The first-order chi connectivity index (χ1) is 8.85. The minimum Gasteiger partial charge on any atom is -0.481 e. The number of hydrogen-bond acceptors (Lipinski definition) is 4. The van der Waals surface area contributed by atoms with Crippen LogP contribution in [0.5, 0.6) is 0 Å². The molecule has 0 aliphatic heterocycles. The third-order valence-electron chi connectivity index (χ3n) is 3.37. The lowest BCUT2D eigenvalue weighted by Crippen LogP contribution is -2.45. The number of rotatable bonds is 7. The zero-order chi connectivity index (χ0) is 14.5. The van der Waals surface area contributed by atoms with E-state index in [9.17, 15) is 13.2 Å². The predicted octanol–water partition coefficient (Wildman–Crippen LogP) is 0.901. The van der Waals surface area contributed by atoms with Crippen LogP contribution in [0.1, 0.15) is 32.1 Å². The molecule has 0 saturated heterocycles. The number of aliphatic carboxylic acids is 1. The molecule has 0 spiro atoms. The van der Waals surface area contributed by atoms with Gasteiger partial charge in [-0.2, -0.15) is 29.2 Å². The SMILES string of the molecule is CSC1CCC(NS(=O)(=O)N(C)CCC(=O)O)CC1. The van der Waals surface area contributed by atoms with Crippen molar-refractivity contribution in [3.8, 4) is 0 Å². The largest absolute Gasteiger partial charge is 0.481 e. The van der Waals surface area contributed by atoms with Gasteiger partial charge in [0.1, 0.15) is 0 Å².